The summed E-state index contributed by atoms with van der Waals surface area (Å²) in [4.78, 5) is 14.5. The SMILES string of the molecule is CCC1(CC)CCN(C(=O)c2ccc(N)c(OC)c2)C1. The van der Waals surface area contributed by atoms with E-state index in [1.54, 1.807) is 25.3 Å². The predicted molar refractivity (Wildman–Crippen MR) is 80.9 cm³/mol. The Bertz CT molecular complexity index is 495. The van der Waals surface area contributed by atoms with Crippen LogP contribution in [-0.4, -0.2) is 31.0 Å². The molecule has 0 radical (unpaired) electrons. The molecule has 0 bridgehead atoms. The molecule has 4 nitrogen and oxygen atoms in total. The summed E-state index contributed by atoms with van der Waals surface area (Å²) in [6.45, 7) is 6.12. The van der Waals surface area contributed by atoms with E-state index in [0.717, 1.165) is 32.4 Å². The summed E-state index contributed by atoms with van der Waals surface area (Å²) in [6.07, 6.45) is 3.34. The predicted octanol–water partition coefficient (Wildman–Crippen LogP) is 2.93. The molecular formula is C16H24N2O2. The molecule has 110 valence electrons. The fourth-order valence-electron chi connectivity index (χ4n) is 2.96. The van der Waals surface area contributed by atoms with Gasteiger partial charge in [0.25, 0.3) is 5.91 Å². The number of likely N-dealkylation sites (tertiary alicyclic amines) is 1. The van der Waals surface area contributed by atoms with Crippen LogP contribution < -0.4 is 10.5 Å². The van der Waals surface area contributed by atoms with Gasteiger partial charge in [0, 0.05) is 18.7 Å². The van der Waals surface area contributed by atoms with E-state index >= 15 is 0 Å². The summed E-state index contributed by atoms with van der Waals surface area (Å²) in [5.74, 6) is 0.638. The zero-order chi connectivity index (χ0) is 14.8. The Labute approximate surface area is 120 Å². The van der Waals surface area contributed by atoms with Crippen LogP contribution in [0.4, 0.5) is 5.69 Å². The van der Waals surface area contributed by atoms with Crippen molar-refractivity contribution in [2.75, 3.05) is 25.9 Å². The van der Waals surface area contributed by atoms with E-state index in [4.69, 9.17) is 10.5 Å². The Balaban J connectivity index is 2.17. The monoisotopic (exact) mass is 276 g/mol. The molecule has 4 heteroatoms. The number of nitrogens with zero attached hydrogens (tertiary/aromatic N) is 1. The van der Waals surface area contributed by atoms with Gasteiger partial charge >= 0.3 is 0 Å². The number of benzene rings is 1. The molecule has 1 aliphatic rings. The summed E-state index contributed by atoms with van der Waals surface area (Å²) < 4.78 is 5.19. The van der Waals surface area contributed by atoms with Gasteiger partial charge in [0.1, 0.15) is 5.75 Å². The Kier molecular flexibility index (Phi) is 4.21. The molecule has 2 N–H and O–H groups in total. The van der Waals surface area contributed by atoms with Gasteiger partial charge in [-0.1, -0.05) is 13.8 Å². The first-order valence-electron chi connectivity index (χ1n) is 7.28. The molecule has 0 atom stereocenters. The van der Waals surface area contributed by atoms with E-state index in [1.165, 1.54) is 0 Å². The quantitative estimate of drug-likeness (QED) is 0.860. The highest BCUT2D eigenvalue weighted by Gasteiger charge is 2.37. The maximum absolute atomic E-state index is 12.6. The van der Waals surface area contributed by atoms with Crippen LogP contribution >= 0.6 is 0 Å². The van der Waals surface area contributed by atoms with Crippen LogP contribution in [-0.2, 0) is 0 Å². The lowest BCUT2D eigenvalue weighted by Crippen LogP contribution is -2.31. The van der Waals surface area contributed by atoms with Gasteiger partial charge < -0.3 is 15.4 Å². The second kappa shape index (κ2) is 5.73. The van der Waals surface area contributed by atoms with Crippen LogP contribution in [0.1, 0.15) is 43.5 Å². The molecule has 20 heavy (non-hydrogen) atoms. The maximum Gasteiger partial charge on any atom is 0.254 e. The van der Waals surface area contributed by atoms with Gasteiger partial charge in [-0.25, -0.2) is 0 Å². The van der Waals surface area contributed by atoms with Gasteiger partial charge in [0.2, 0.25) is 0 Å². The number of carbonyl (C=O) groups excluding carboxylic acids is 1. The van der Waals surface area contributed by atoms with Gasteiger partial charge in [-0.05, 0) is 42.9 Å². The van der Waals surface area contributed by atoms with E-state index in [-0.39, 0.29) is 5.91 Å². The van der Waals surface area contributed by atoms with Gasteiger partial charge in [-0.15, -0.1) is 0 Å². The number of ether oxygens (including phenoxy) is 1. The van der Waals surface area contributed by atoms with E-state index < -0.39 is 0 Å². The summed E-state index contributed by atoms with van der Waals surface area (Å²) in [5, 5.41) is 0. The van der Waals surface area contributed by atoms with Crippen molar-refractivity contribution in [3.8, 4) is 5.75 Å². The molecular weight excluding hydrogens is 252 g/mol. The number of rotatable bonds is 4. The molecule has 0 aromatic heterocycles. The molecule has 1 heterocycles. The number of methoxy groups -OCH3 is 1. The lowest BCUT2D eigenvalue weighted by molar-refractivity contribution is 0.0769. The number of carbonyl (C=O) groups is 1. The van der Waals surface area contributed by atoms with E-state index in [0.29, 0.717) is 22.4 Å². The molecule has 0 spiro atoms. The largest absolute Gasteiger partial charge is 0.495 e. The fourth-order valence-corrected chi connectivity index (χ4v) is 2.96. The van der Waals surface area contributed by atoms with Crippen molar-refractivity contribution in [3.05, 3.63) is 23.8 Å². The Hall–Kier alpha value is -1.71. The molecule has 1 aliphatic heterocycles. The summed E-state index contributed by atoms with van der Waals surface area (Å²) in [5.41, 5.74) is 7.30. The standard InChI is InChI=1S/C16H24N2O2/c1-4-16(5-2)8-9-18(11-16)15(19)12-6-7-13(17)14(10-12)20-3/h6-7,10H,4-5,8-9,11,17H2,1-3H3. The first-order valence-corrected chi connectivity index (χ1v) is 7.28. The molecule has 0 aliphatic carbocycles. The third-order valence-electron chi connectivity index (χ3n) is 4.71. The number of amides is 1. The molecule has 1 aromatic rings. The van der Waals surface area contributed by atoms with Crippen LogP contribution in [0.25, 0.3) is 0 Å². The average molecular weight is 276 g/mol. The lowest BCUT2D eigenvalue weighted by Gasteiger charge is -2.26. The Morgan fingerprint density at radius 1 is 1.40 bits per heavy atom. The molecule has 1 fully saturated rings. The topological polar surface area (TPSA) is 55.6 Å². The molecule has 1 amide bonds. The van der Waals surface area contributed by atoms with Crippen molar-refractivity contribution in [1.29, 1.82) is 0 Å². The van der Waals surface area contributed by atoms with Crippen molar-refractivity contribution in [2.45, 2.75) is 33.1 Å². The Morgan fingerprint density at radius 3 is 2.65 bits per heavy atom. The normalized spacial score (nSPS) is 17.2. The van der Waals surface area contributed by atoms with Gasteiger partial charge in [0.15, 0.2) is 0 Å². The average Bonchev–Trinajstić information content (AvgIpc) is 2.92. The first kappa shape index (κ1) is 14.7. The molecule has 2 rings (SSSR count). The minimum atomic E-state index is 0.0760. The first-order chi connectivity index (χ1) is 9.55. The van der Waals surface area contributed by atoms with E-state index in [2.05, 4.69) is 13.8 Å². The smallest absolute Gasteiger partial charge is 0.254 e. The highest BCUT2D eigenvalue weighted by Crippen LogP contribution is 2.37. The second-order valence-electron chi connectivity index (χ2n) is 5.64. The molecule has 1 aromatic carbocycles. The molecule has 0 unspecified atom stereocenters. The number of nitrogens with two attached hydrogens (primary N) is 1. The highest BCUT2D eigenvalue weighted by atomic mass is 16.5. The lowest BCUT2D eigenvalue weighted by atomic mass is 9.82. The summed E-state index contributed by atoms with van der Waals surface area (Å²) >= 11 is 0. The van der Waals surface area contributed by atoms with Crippen LogP contribution in [0, 0.1) is 5.41 Å². The summed E-state index contributed by atoms with van der Waals surface area (Å²) in [6, 6.07) is 5.24. The third-order valence-corrected chi connectivity index (χ3v) is 4.71. The van der Waals surface area contributed by atoms with Crippen LogP contribution in [0.15, 0.2) is 18.2 Å². The van der Waals surface area contributed by atoms with Crippen molar-refractivity contribution in [1.82, 2.24) is 4.90 Å². The zero-order valence-electron chi connectivity index (χ0n) is 12.6. The van der Waals surface area contributed by atoms with Crippen LogP contribution in [0.2, 0.25) is 0 Å². The van der Waals surface area contributed by atoms with Crippen LogP contribution in [0.5, 0.6) is 5.75 Å². The van der Waals surface area contributed by atoms with Crippen molar-refractivity contribution < 1.29 is 9.53 Å². The molecule has 1 saturated heterocycles. The van der Waals surface area contributed by atoms with Gasteiger partial charge in [0.05, 0.1) is 12.8 Å². The van der Waals surface area contributed by atoms with Crippen LogP contribution in [0.3, 0.4) is 0 Å². The third kappa shape index (κ3) is 2.60. The van der Waals surface area contributed by atoms with Crippen molar-refractivity contribution in [2.24, 2.45) is 5.41 Å². The number of anilines is 1. The van der Waals surface area contributed by atoms with Gasteiger partial charge in [-0.3, -0.25) is 4.79 Å². The summed E-state index contributed by atoms with van der Waals surface area (Å²) in [7, 11) is 1.56. The minimum absolute atomic E-state index is 0.0760. The highest BCUT2D eigenvalue weighted by molar-refractivity contribution is 5.95. The minimum Gasteiger partial charge on any atom is -0.495 e. The molecule has 0 saturated carbocycles. The fraction of sp³-hybridized carbons (Fsp3) is 0.562. The van der Waals surface area contributed by atoms with E-state index in [9.17, 15) is 4.79 Å². The Morgan fingerprint density at radius 2 is 2.10 bits per heavy atom. The number of hydrogen-bond acceptors (Lipinski definition) is 3. The second-order valence-corrected chi connectivity index (χ2v) is 5.64. The zero-order valence-corrected chi connectivity index (χ0v) is 12.6. The van der Waals surface area contributed by atoms with Crippen molar-refractivity contribution >= 4 is 11.6 Å². The number of nitrogen functional groups attached to an aromatic ring is 1. The van der Waals surface area contributed by atoms with E-state index in [1.807, 2.05) is 4.90 Å². The maximum atomic E-state index is 12.6. The van der Waals surface area contributed by atoms with Gasteiger partial charge in [-0.2, -0.15) is 0 Å². The number of hydrogen-bond donors (Lipinski definition) is 1. The van der Waals surface area contributed by atoms with Crippen molar-refractivity contribution in [3.63, 3.8) is 0 Å².